The molecule has 0 aliphatic carbocycles. The third-order valence-corrected chi connectivity index (χ3v) is 7.14. The zero-order valence-electron chi connectivity index (χ0n) is 22.0. The van der Waals surface area contributed by atoms with Gasteiger partial charge >= 0.3 is 0 Å². The Labute approximate surface area is 208 Å². The highest BCUT2D eigenvalue weighted by Crippen LogP contribution is 2.39. The summed E-state index contributed by atoms with van der Waals surface area (Å²) in [5.74, 6) is -0.421. The van der Waals surface area contributed by atoms with Crippen LogP contribution in [0.2, 0.25) is 0 Å². The largest absolute Gasteiger partial charge is 0.481 e. The van der Waals surface area contributed by atoms with E-state index in [0.717, 1.165) is 48.1 Å². The molecule has 3 aromatic rings. The van der Waals surface area contributed by atoms with Crippen LogP contribution in [0.25, 0.3) is 11.4 Å². The summed E-state index contributed by atoms with van der Waals surface area (Å²) in [6.07, 6.45) is 6.79. The summed E-state index contributed by atoms with van der Waals surface area (Å²) in [6, 6.07) is 5.19. The lowest BCUT2D eigenvalue weighted by atomic mass is 9.86. The Hall–Kier alpha value is -3.20. The van der Waals surface area contributed by atoms with Crippen molar-refractivity contribution in [1.82, 2.24) is 24.8 Å². The van der Waals surface area contributed by atoms with Crippen LogP contribution in [0.15, 0.2) is 36.8 Å². The number of rotatable bonds is 4. The number of halogens is 1. The molecule has 0 radical (unpaired) electrons. The Balaban J connectivity index is 1.39. The number of aryl methyl sites for hydroxylation is 2. The molecule has 5 rings (SSSR count). The number of ether oxygens (including phenoxy) is 1. The van der Waals surface area contributed by atoms with E-state index in [9.17, 15) is 4.39 Å². The molecule has 0 saturated carbocycles. The molecule has 5 heterocycles. The van der Waals surface area contributed by atoms with Crippen LogP contribution in [0, 0.1) is 12.7 Å². The maximum absolute atomic E-state index is 14.8. The third-order valence-electron chi connectivity index (χ3n) is 6.65. The monoisotopic (exact) mass is 481 g/mol. The van der Waals surface area contributed by atoms with Crippen LogP contribution >= 0.6 is 12.2 Å². The van der Waals surface area contributed by atoms with Crippen LogP contribution in [-0.2, 0) is 6.42 Å². The SMILES string of the molecule is [2H]C([2H])([2H])C(C(=S)N1CC[C@@]2(CCc3cc(-c4ncccn4)c(C)nc3N2)C1)c1cc(OC)ncc1F. The number of pyridine rings is 2. The average molecular weight is 482 g/mol. The summed E-state index contributed by atoms with van der Waals surface area (Å²) in [6.45, 7) is 0.461. The molecular formula is C25H27FN6OS. The zero-order valence-corrected chi connectivity index (χ0v) is 19.8. The van der Waals surface area contributed by atoms with Crippen molar-refractivity contribution < 1.29 is 13.2 Å². The first kappa shape index (κ1) is 19.1. The summed E-state index contributed by atoms with van der Waals surface area (Å²) < 4.78 is 44.3. The molecule has 2 aliphatic rings. The van der Waals surface area contributed by atoms with E-state index >= 15 is 0 Å². The van der Waals surface area contributed by atoms with Gasteiger partial charge in [-0.25, -0.2) is 24.3 Å². The fourth-order valence-corrected chi connectivity index (χ4v) is 5.03. The van der Waals surface area contributed by atoms with E-state index in [1.165, 1.54) is 13.2 Å². The predicted molar refractivity (Wildman–Crippen MR) is 133 cm³/mol. The lowest BCUT2D eigenvalue weighted by Gasteiger charge is -2.37. The minimum Gasteiger partial charge on any atom is -0.481 e. The summed E-state index contributed by atoms with van der Waals surface area (Å²) in [5.41, 5.74) is 2.47. The van der Waals surface area contributed by atoms with Gasteiger partial charge in [0.1, 0.15) is 11.6 Å². The van der Waals surface area contributed by atoms with Gasteiger partial charge < -0.3 is 15.0 Å². The molecular weight excluding hydrogens is 451 g/mol. The van der Waals surface area contributed by atoms with Gasteiger partial charge in [0.25, 0.3) is 0 Å². The first-order chi connectivity index (χ1) is 17.6. The maximum atomic E-state index is 14.8. The van der Waals surface area contributed by atoms with Gasteiger partial charge in [0.05, 0.1) is 29.5 Å². The Kier molecular flexibility index (Phi) is 4.99. The van der Waals surface area contributed by atoms with Crippen molar-refractivity contribution in [3.8, 4) is 17.3 Å². The van der Waals surface area contributed by atoms with E-state index in [1.54, 1.807) is 18.5 Å². The van der Waals surface area contributed by atoms with Gasteiger partial charge in [0.15, 0.2) is 5.82 Å². The molecule has 1 N–H and O–H groups in total. The standard InChI is InChI=1S/C25H27FN6OS/c1-15(18-12-21(33-3)29-13-20(18)26)24(34)32-10-7-25(14-32)6-5-17-11-19(16(2)30-22(17)31-25)23-27-8-4-9-28-23/h4,8-9,11-13,15H,5-7,10,14H2,1-3H3,(H,30,31)/t15?,25-/m0/s1/i1D3. The van der Waals surface area contributed by atoms with E-state index in [1.807, 2.05) is 11.8 Å². The Morgan fingerprint density at radius 1 is 1.29 bits per heavy atom. The fourth-order valence-electron chi connectivity index (χ4n) is 4.75. The van der Waals surface area contributed by atoms with Crippen molar-refractivity contribution in [3.05, 3.63) is 59.4 Å². The molecule has 2 atom stereocenters. The third kappa shape index (κ3) is 4.09. The quantitative estimate of drug-likeness (QED) is 0.552. The number of thiocarbonyl (C=S) groups is 1. The Bertz CT molecular complexity index is 1340. The second kappa shape index (κ2) is 8.87. The normalized spacial score (nSPS) is 21.7. The fraction of sp³-hybridized carbons (Fsp3) is 0.400. The molecule has 176 valence electrons. The molecule has 0 bridgehead atoms. The van der Waals surface area contributed by atoms with Gasteiger partial charge in [-0.2, -0.15) is 0 Å². The second-order valence-electron chi connectivity index (χ2n) is 8.80. The van der Waals surface area contributed by atoms with Crippen molar-refractivity contribution in [1.29, 1.82) is 0 Å². The summed E-state index contributed by atoms with van der Waals surface area (Å²) in [5, 5.41) is 3.63. The molecule has 34 heavy (non-hydrogen) atoms. The van der Waals surface area contributed by atoms with Crippen LogP contribution in [-0.4, -0.2) is 55.6 Å². The van der Waals surface area contributed by atoms with Gasteiger partial charge in [-0.15, -0.1) is 0 Å². The van der Waals surface area contributed by atoms with Gasteiger partial charge in [0, 0.05) is 52.7 Å². The number of likely N-dealkylation sites (tertiary alicyclic amines) is 1. The number of nitrogens with zero attached hydrogens (tertiary/aromatic N) is 5. The van der Waals surface area contributed by atoms with Crippen molar-refractivity contribution in [2.45, 2.75) is 44.5 Å². The number of aromatic nitrogens is 4. The van der Waals surface area contributed by atoms with Gasteiger partial charge in [-0.3, -0.25) is 0 Å². The highest BCUT2D eigenvalue weighted by Gasteiger charge is 2.42. The number of hydrogen-bond donors (Lipinski definition) is 1. The number of nitrogens with one attached hydrogen (secondary N) is 1. The molecule has 1 saturated heterocycles. The molecule has 7 nitrogen and oxygen atoms in total. The van der Waals surface area contributed by atoms with Crippen LogP contribution in [0.3, 0.4) is 0 Å². The molecule has 0 aromatic carbocycles. The van der Waals surface area contributed by atoms with Crippen LogP contribution < -0.4 is 10.1 Å². The lowest BCUT2D eigenvalue weighted by Crippen LogP contribution is -2.45. The highest BCUT2D eigenvalue weighted by atomic mass is 32.1. The Morgan fingerprint density at radius 2 is 2.12 bits per heavy atom. The number of anilines is 1. The minimum atomic E-state index is -2.54. The first-order valence-electron chi connectivity index (χ1n) is 12.6. The summed E-state index contributed by atoms with van der Waals surface area (Å²) in [7, 11) is 1.40. The minimum absolute atomic E-state index is 0.0345. The molecule has 3 aromatic heterocycles. The topological polar surface area (TPSA) is 76.1 Å². The molecule has 0 amide bonds. The van der Waals surface area contributed by atoms with Crippen molar-refractivity contribution in [3.63, 3.8) is 0 Å². The zero-order chi connectivity index (χ0) is 26.4. The van der Waals surface area contributed by atoms with E-state index in [2.05, 4.69) is 26.3 Å². The van der Waals surface area contributed by atoms with Gasteiger partial charge in [-0.05, 0) is 43.9 Å². The van der Waals surface area contributed by atoms with Crippen LogP contribution in [0.1, 0.15) is 46.5 Å². The number of hydrogen-bond acceptors (Lipinski definition) is 7. The van der Waals surface area contributed by atoms with Crippen molar-refractivity contribution in [2.24, 2.45) is 0 Å². The summed E-state index contributed by atoms with van der Waals surface area (Å²) in [4.78, 5) is 19.5. The van der Waals surface area contributed by atoms with Gasteiger partial charge in [0.2, 0.25) is 5.88 Å². The molecule has 1 fully saturated rings. The van der Waals surface area contributed by atoms with E-state index in [-0.39, 0.29) is 22.0 Å². The number of fused-ring (bicyclic) bond motifs is 1. The molecule has 1 spiro atoms. The molecule has 9 heteroatoms. The second-order valence-corrected chi connectivity index (χ2v) is 9.22. The maximum Gasteiger partial charge on any atom is 0.213 e. The predicted octanol–water partition coefficient (Wildman–Crippen LogP) is 4.32. The van der Waals surface area contributed by atoms with E-state index in [0.29, 0.717) is 18.9 Å². The molecule has 2 aliphatic heterocycles. The molecule has 1 unspecified atom stereocenters. The van der Waals surface area contributed by atoms with Crippen molar-refractivity contribution >= 4 is 23.0 Å². The highest BCUT2D eigenvalue weighted by molar-refractivity contribution is 7.80. The Morgan fingerprint density at radius 3 is 2.88 bits per heavy atom. The smallest absolute Gasteiger partial charge is 0.213 e. The van der Waals surface area contributed by atoms with E-state index in [4.69, 9.17) is 26.1 Å². The number of methoxy groups -OCH3 is 1. The lowest BCUT2D eigenvalue weighted by molar-refractivity contribution is 0.393. The summed E-state index contributed by atoms with van der Waals surface area (Å²) >= 11 is 5.71. The first-order valence-corrected chi connectivity index (χ1v) is 11.6. The average Bonchev–Trinajstić information content (AvgIpc) is 3.28. The van der Waals surface area contributed by atoms with Crippen molar-refractivity contribution in [2.75, 3.05) is 25.5 Å². The van der Waals surface area contributed by atoms with E-state index < -0.39 is 18.6 Å². The van der Waals surface area contributed by atoms with Crippen LogP contribution in [0.4, 0.5) is 10.2 Å². The van der Waals surface area contributed by atoms with Crippen LogP contribution in [0.5, 0.6) is 5.88 Å². The van der Waals surface area contributed by atoms with Gasteiger partial charge in [-0.1, -0.05) is 19.1 Å².